The van der Waals surface area contributed by atoms with Gasteiger partial charge in [-0.15, -0.1) is 0 Å². The van der Waals surface area contributed by atoms with Crippen molar-refractivity contribution in [2.75, 3.05) is 5.32 Å². The molecule has 0 amide bonds. The molecule has 130 valence electrons. The van der Waals surface area contributed by atoms with Gasteiger partial charge in [0.05, 0.1) is 5.02 Å². The van der Waals surface area contributed by atoms with Crippen molar-refractivity contribution in [2.24, 2.45) is 0 Å². The van der Waals surface area contributed by atoms with Gasteiger partial charge < -0.3 is 10.3 Å². The van der Waals surface area contributed by atoms with E-state index in [1.807, 2.05) is 12.3 Å². The number of nitrogens with zero attached hydrogens (tertiary/aromatic N) is 3. The maximum atomic E-state index is 12.9. The summed E-state index contributed by atoms with van der Waals surface area (Å²) in [5.41, 5.74) is 3.84. The largest absolute Gasteiger partial charge is 0.350 e. The van der Waals surface area contributed by atoms with Gasteiger partial charge in [-0.25, -0.2) is 19.3 Å². The first kappa shape index (κ1) is 16.5. The predicted molar refractivity (Wildman–Crippen MR) is 99.7 cm³/mol. The Labute approximate surface area is 154 Å². The fraction of sp³-hybridized carbons (Fsp3) is 0.105. The van der Waals surface area contributed by atoms with Crippen LogP contribution in [0, 0.1) is 5.82 Å². The first-order valence-electron chi connectivity index (χ1n) is 8.08. The summed E-state index contributed by atoms with van der Waals surface area (Å²) in [6.07, 6.45) is 7.80. The number of rotatable bonds is 5. The maximum Gasteiger partial charge on any atom is 0.222 e. The van der Waals surface area contributed by atoms with Crippen molar-refractivity contribution in [1.29, 1.82) is 0 Å². The molecule has 0 saturated carbocycles. The Hall–Kier alpha value is -2.99. The molecule has 0 atom stereocenters. The first-order valence-corrected chi connectivity index (χ1v) is 8.46. The third-order valence-corrected chi connectivity index (χ3v) is 4.25. The number of H-pyrrole nitrogens is 1. The molecule has 0 spiro atoms. The lowest BCUT2D eigenvalue weighted by Crippen LogP contribution is -2.04. The van der Waals surface area contributed by atoms with Gasteiger partial charge in [0, 0.05) is 43.1 Å². The summed E-state index contributed by atoms with van der Waals surface area (Å²) in [5, 5.41) is 4.73. The third kappa shape index (κ3) is 3.65. The Bertz CT molecular complexity index is 1030. The van der Waals surface area contributed by atoms with E-state index in [-0.39, 0.29) is 5.82 Å². The van der Waals surface area contributed by atoms with Crippen LogP contribution >= 0.6 is 11.6 Å². The van der Waals surface area contributed by atoms with E-state index >= 15 is 0 Å². The predicted octanol–water partition coefficient (Wildman–Crippen LogP) is 4.35. The first-order chi connectivity index (χ1) is 12.7. The van der Waals surface area contributed by atoms with Crippen LogP contribution in [0.25, 0.3) is 11.0 Å². The van der Waals surface area contributed by atoms with Crippen LogP contribution in [-0.4, -0.2) is 19.9 Å². The van der Waals surface area contributed by atoms with Crippen molar-refractivity contribution in [3.8, 4) is 0 Å². The van der Waals surface area contributed by atoms with Crippen LogP contribution in [0.4, 0.5) is 10.3 Å². The number of fused-ring (bicyclic) bond motifs is 1. The average Bonchev–Trinajstić information content (AvgIpc) is 3.04. The summed E-state index contributed by atoms with van der Waals surface area (Å²) >= 11 is 6.04. The lowest BCUT2D eigenvalue weighted by molar-refractivity contribution is 0.627. The Morgan fingerprint density at radius 1 is 1.00 bits per heavy atom. The van der Waals surface area contributed by atoms with Crippen LogP contribution in [0.15, 0.2) is 55.1 Å². The van der Waals surface area contributed by atoms with Gasteiger partial charge in [-0.2, -0.15) is 0 Å². The molecule has 0 bridgehead atoms. The molecular formula is C19H15ClFN5. The van der Waals surface area contributed by atoms with Gasteiger partial charge in [-0.05, 0) is 34.9 Å². The maximum absolute atomic E-state index is 12.9. The van der Waals surface area contributed by atoms with E-state index in [9.17, 15) is 4.39 Å². The van der Waals surface area contributed by atoms with Gasteiger partial charge in [0.15, 0.2) is 0 Å². The van der Waals surface area contributed by atoms with Crippen LogP contribution < -0.4 is 5.32 Å². The van der Waals surface area contributed by atoms with Crippen molar-refractivity contribution in [3.05, 3.63) is 82.6 Å². The Balaban J connectivity index is 1.43. The molecule has 0 fully saturated rings. The molecule has 0 unspecified atom stereocenters. The second-order valence-electron chi connectivity index (χ2n) is 5.94. The highest BCUT2D eigenvalue weighted by Gasteiger charge is 2.07. The van der Waals surface area contributed by atoms with Gasteiger partial charge in [0.2, 0.25) is 5.95 Å². The molecule has 0 aliphatic heterocycles. The summed E-state index contributed by atoms with van der Waals surface area (Å²) in [4.78, 5) is 16.1. The second kappa shape index (κ2) is 7.09. The van der Waals surface area contributed by atoms with Crippen molar-refractivity contribution >= 4 is 28.6 Å². The molecule has 1 aromatic carbocycles. The number of halogens is 2. The number of anilines is 1. The number of aromatic amines is 1. The van der Waals surface area contributed by atoms with Gasteiger partial charge in [0.1, 0.15) is 11.5 Å². The molecule has 0 aliphatic carbocycles. The second-order valence-corrected chi connectivity index (χ2v) is 6.37. The third-order valence-electron chi connectivity index (χ3n) is 4.05. The highest BCUT2D eigenvalue weighted by atomic mass is 35.5. The molecule has 0 radical (unpaired) electrons. The van der Waals surface area contributed by atoms with Gasteiger partial charge in [-0.1, -0.05) is 23.7 Å². The monoisotopic (exact) mass is 367 g/mol. The number of nitrogens with one attached hydrogen (secondary N) is 2. The molecule has 7 heteroatoms. The minimum atomic E-state index is -0.247. The molecule has 2 N–H and O–H groups in total. The molecule has 5 nitrogen and oxygen atoms in total. The van der Waals surface area contributed by atoms with Crippen molar-refractivity contribution in [3.63, 3.8) is 0 Å². The van der Waals surface area contributed by atoms with E-state index in [0.717, 1.165) is 27.7 Å². The van der Waals surface area contributed by atoms with E-state index in [1.54, 1.807) is 30.7 Å². The lowest BCUT2D eigenvalue weighted by Gasteiger charge is -2.06. The van der Waals surface area contributed by atoms with E-state index in [4.69, 9.17) is 11.6 Å². The number of hydrogen-bond donors (Lipinski definition) is 2. The summed E-state index contributed by atoms with van der Waals surface area (Å²) in [6, 6.07) is 8.22. The molecule has 0 saturated heterocycles. The highest BCUT2D eigenvalue weighted by Crippen LogP contribution is 2.22. The topological polar surface area (TPSA) is 66.5 Å². The van der Waals surface area contributed by atoms with Gasteiger partial charge in [-0.3, -0.25) is 0 Å². The van der Waals surface area contributed by atoms with Crippen LogP contribution in [0.2, 0.25) is 5.02 Å². The van der Waals surface area contributed by atoms with Crippen molar-refractivity contribution in [1.82, 2.24) is 19.9 Å². The molecule has 26 heavy (non-hydrogen) atoms. The SMILES string of the molecule is Fc1ccc(CNc2ncc(Cc3c[nH]c4ncc(Cl)cc34)cn2)cc1. The Morgan fingerprint density at radius 3 is 2.54 bits per heavy atom. The molecule has 4 aromatic rings. The van der Waals surface area contributed by atoms with E-state index in [1.165, 1.54) is 12.1 Å². The fourth-order valence-corrected chi connectivity index (χ4v) is 2.88. The number of benzene rings is 1. The Kier molecular flexibility index (Phi) is 4.50. The van der Waals surface area contributed by atoms with Crippen molar-refractivity contribution in [2.45, 2.75) is 13.0 Å². The molecular weight excluding hydrogens is 353 g/mol. The number of pyridine rings is 1. The molecule has 3 heterocycles. The van der Waals surface area contributed by atoms with Gasteiger partial charge in [0.25, 0.3) is 0 Å². The summed E-state index contributed by atoms with van der Waals surface area (Å²) in [7, 11) is 0. The zero-order chi connectivity index (χ0) is 17.9. The molecule has 0 aliphatic rings. The fourth-order valence-electron chi connectivity index (χ4n) is 2.72. The standard InChI is InChI=1S/C19H15ClFN5/c20-15-6-17-14(10-22-18(17)23-11-15)5-13-8-25-19(26-9-13)24-7-12-1-3-16(21)4-2-12/h1-4,6,8-11H,5,7H2,(H,22,23)(H,24,25,26). The quantitative estimate of drug-likeness (QED) is 0.550. The normalized spacial score (nSPS) is 11.0. The number of hydrogen-bond acceptors (Lipinski definition) is 4. The highest BCUT2D eigenvalue weighted by molar-refractivity contribution is 6.31. The van der Waals surface area contributed by atoms with Crippen LogP contribution in [-0.2, 0) is 13.0 Å². The van der Waals surface area contributed by atoms with Crippen molar-refractivity contribution < 1.29 is 4.39 Å². The minimum Gasteiger partial charge on any atom is -0.350 e. The number of aromatic nitrogens is 4. The molecule has 3 aromatic heterocycles. The lowest BCUT2D eigenvalue weighted by atomic mass is 10.1. The molecule has 4 rings (SSSR count). The Morgan fingerprint density at radius 2 is 1.77 bits per heavy atom. The smallest absolute Gasteiger partial charge is 0.222 e. The summed E-state index contributed by atoms with van der Waals surface area (Å²) in [6.45, 7) is 0.534. The van der Waals surface area contributed by atoms with Crippen LogP contribution in [0.3, 0.4) is 0 Å². The van der Waals surface area contributed by atoms with E-state index < -0.39 is 0 Å². The summed E-state index contributed by atoms with van der Waals surface area (Å²) in [5.74, 6) is 0.282. The van der Waals surface area contributed by atoms with E-state index in [2.05, 4.69) is 25.3 Å². The van der Waals surface area contributed by atoms with Crippen LogP contribution in [0.1, 0.15) is 16.7 Å². The zero-order valence-electron chi connectivity index (χ0n) is 13.7. The summed E-state index contributed by atoms with van der Waals surface area (Å²) < 4.78 is 12.9. The minimum absolute atomic E-state index is 0.247. The van der Waals surface area contributed by atoms with Crippen LogP contribution in [0.5, 0.6) is 0 Å². The van der Waals surface area contributed by atoms with E-state index in [0.29, 0.717) is 23.9 Å². The van der Waals surface area contributed by atoms with Gasteiger partial charge >= 0.3 is 0 Å². The average molecular weight is 368 g/mol. The zero-order valence-corrected chi connectivity index (χ0v) is 14.5.